The van der Waals surface area contributed by atoms with E-state index in [0.717, 1.165) is 5.56 Å². The summed E-state index contributed by atoms with van der Waals surface area (Å²) < 4.78 is 5.09. The molecule has 8 nitrogen and oxygen atoms in total. The fourth-order valence-corrected chi connectivity index (χ4v) is 2.05. The van der Waals surface area contributed by atoms with Crippen LogP contribution in [-0.4, -0.2) is 23.9 Å². The van der Waals surface area contributed by atoms with Crippen LogP contribution in [0.2, 0.25) is 0 Å². The van der Waals surface area contributed by atoms with Gasteiger partial charge in [0.05, 0.1) is 11.2 Å². The molecular weight excluding hydrogens is 300 g/mol. The first-order chi connectivity index (χ1) is 11.0. The van der Waals surface area contributed by atoms with Gasteiger partial charge in [0, 0.05) is 30.4 Å². The lowest BCUT2D eigenvalue weighted by atomic mass is 10.2. The first kappa shape index (κ1) is 16.3. The van der Waals surface area contributed by atoms with E-state index in [1.165, 1.54) is 24.5 Å². The minimum Gasteiger partial charge on any atom is -0.459 e. The Kier molecular flexibility index (Phi) is 5.19. The molecule has 0 aliphatic heterocycles. The lowest BCUT2D eigenvalue weighted by Crippen LogP contribution is -2.26. The van der Waals surface area contributed by atoms with Gasteiger partial charge in [0.15, 0.2) is 5.76 Å². The number of nitrogens with one attached hydrogen (secondary N) is 2. The van der Waals surface area contributed by atoms with Crippen LogP contribution >= 0.6 is 0 Å². The van der Waals surface area contributed by atoms with E-state index in [9.17, 15) is 14.9 Å². The third kappa shape index (κ3) is 4.22. The summed E-state index contributed by atoms with van der Waals surface area (Å²) in [5.41, 5.74) is 7.19. The zero-order valence-electron chi connectivity index (χ0n) is 12.7. The summed E-state index contributed by atoms with van der Waals surface area (Å²) in [6.07, 6.45) is 2.06. The summed E-state index contributed by atoms with van der Waals surface area (Å²) in [6.45, 7) is 2.67. The minimum atomic E-state index is -0.469. The van der Waals surface area contributed by atoms with E-state index in [1.807, 2.05) is 0 Å². The Morgan fingerprint density at radius 3 is 2.78 bits per heavy atom. The highest BCUT2D eigenvalue weighted by atomic mass is 16.6. The zero-order valence-corrected chi connectivity index (χ0v) is 12.7. The van der Waals surface area contributed by atoms with Gasteiger partial charge >= 0.3 is 0 Å². The topological polar surface area (TPSA) is 123 Å². The van der Waals surface area contributed by atoms with Crippen LogP contribution in [0.1, 0.15) is 22.5 Å². The molecule has 1 heterocycles. The number of aryl methyl sites for hydroxylation is 1. The van der Waals surface area contributed by atoms with E-state index in [1.54, 1.807) is 13.0 Å². The van der Waals surface area contributed by atoms with Crippen molar-refractivity contribution in [1.82, 2.24) is 5.32 Å². The number of nitrogens with two attached hydrogens (primary N) is 1. The van der Waals surface area contributed by atoms with Crippen LogP contribution in [0.15, 0.2) is 34.9 Å². The van der Waals surface area contributed by atoms with Crippen molar-refractivity contribution in [3.63, 3.8) is 0 Å². The van der Waals surface area contributed by atoms with Gasteiger partial charge in [-0.05, 0) is 31.5 Å². The first-order valence-corrected chi connectivity index (χ1v) is 7.09. The molecule has 8 heteroatoms. The Bertz CT molecular complexity index is 711. The van der Waals surface area contributed by atoms with Crippen molar-refractivity contribution in [3.8, 4) is 0 Å². The maximum absolute atomic E-state index is 11.8. The Balaban J connectivity index is 1.80. The van der Waals surface area contributed by atoms with Crippen LogP contribution in [0.5, 0.6) is 0 Å². The van der Waals surface area contributed by atoms with Gasteiger partial charge in [0.25, 0.3) is 11.6 Å². The predicted octanol–water partition coefficient (Wildman–Crippen LogP) is 2.31. The third-order valence-electron chi connectivity index (χ3n) is 3.24. The number of furan rings is 1. The normalized spacial score (nSPS) is 10.3. The van der Waals surface area contributed by atoms with E-state index < -0.39 is 4.92 Å². The van der Waals surface area contributed by atoms with Gasteiger partial charge < -0.3 is 20.8 Å². The summed E-state index contributed by atoms with van der Waals surface area (Å²) in [5, 5.41) is 16.6. The van der Waals surface area contributed by atoms with Gasteiger partial charge in [0.2, 0.25) is 0 Å². The molecule has 0 saturated carbocycles. The Hall–Kier alpha value is -3.03. The summed E-state index contributed by atoms with van der Waals surface area (Å²) in [4.78, 5) is 22.3. The minimum absolute atomic E-state index is 0.0329. The summed E-state index contributed by atoms with van der Waals surface area (Å²) in [7, 11) is 0. The molecule has 1 aromatic heterocycles. The number of nitrogen functional groups attached to an aromatic ring is 1. The molecule has 1 amide bonds. The summed E-state index contributed by atoms with van der Waals surface area (Å²) in [5.74, 6) is 0.0202. The molecule has 0 unspecified atom stereocenters. The number of nitro benzene ring substituents is 1. The average Bonchev–Trinajstić information content (AvgIpc) is 2.92. The Morgan fingerprint density at radius 1 is 1.35 bits per heavy atom. The van der Waals surface area contributed by atoms with Gasteiger partial charge in [-0.1, -0.05) is 0 Å². The number of rotatable bonds is 7. The number of nitro groups is 1. The molecule has 0 aliphatic rings. The van der Waals surface area contributed by atoms with Crippen LogP contribution in [0.4, 0.5) is 17.1 Å². The smallest absolute Gasteiger partial charge is 0.292 e. The predicted molar refractivity (Wildman–Crippen MR) is 86.4 cm³/mol. The van der Waals surface area contributed by atoms with Crippen molar-refractivity contribution in [3.05, 3.63) is 52.0 Å². The third-order valence-corrected chi connectivity index (χ3v) is 3.24. The summed E-state index contributed by atoms with van der Waals surface area (Å²) in [6, 6.07) is 6.08. The van der Waals surface area contributed by atoms with Crippen LogP contribution in [0.3, 0.4) is 0 Å². The van der Waals surface area contributed by atoms with Crippen molar-refractivity contribution >= 4 is 23.0 Å². The molecule has 0 aliphatic carbocycles. The Labute approximate surface area is 132 Å². The van der Waals surface area contributed by atoms with Crippen molar-refractivity contribution in [2.75, 3.05) is 24.1 Å². The summed E-state index contributed by atoms with van der Waals surface area (Å²) >= 11 is 0. The molecule has 23 heavy (non-hydrogen) atoms. The number of amides is 1. The number of nitrogens with zero attached hydrogens (tertiary/aromatic N) is 1. The molecule has 2 rings (SSSR count). The molecule has 0 bridgehead atoms. The van der Waals surface area contributed by atoms with E-state index in [4.69, 9.17) is 10.2 Å². The standard InChI is InChI=1S/C15H18N4O4/c1-10-5-8-23-14(10)15(20)18-7-2-6-17-12-9-11(16)3-4-13(12)19(21)22/h3-5,8-9,17H,2,6-7,16H2,1H3,(H,18,20). The number of hydrogen-bond donors (Lipinski definition) is 3. The Morgan fingerprint density at radius 2 is 2.13 bits per heavy atom. The first-order valence-electron chi connectivity index (χ1n) is 7.09. The molecule has 0 fully saturated rings. The largest absolute Gasteiger partial charge is 0.459 e. The van der Waals surface area contributed by atoms with Gasteiger partial charge in [-0.2, -0.15) is 0 Å². The molecular formula is C15H18N4O4. The average molecular weight is 318 g/mol. The number of benzene rings is 1. The van der Waals surface area contributed by atoms with Gasteiger partial charge in [-0.15, -0.1) is 0 Å². The van der Waals surface area contributed by atoms with Crippen LogP contribution in [-0.2, 0) is 0 Å². The molecule has 122 valence electrons. The number of carbonyl (C=O) groups is 1. The van der Waals surface area contributed by atoms with Crippen molar-refractivity contribution < 1.29 is 14.1 Å². The van der Waals surface area contributed by atoms with Gasteiger partial charge in [0.1, 0.15) is 5.69 Å². The highest BCUT2D eigenvalue weighted by Gasteiger charge is 2.14. The van der Waals surface area contributed by atoms with Crippen LogP contribution in [0, 0.1) is 17.0 Å². The molecule has 0 spiro atoms. The fourth-order valence-electron chi connectivity index (χ4n) is 2.05. The second-order valence-corrected chi connectivity index (χ2v) is 5.00. The van der Waals surface area contributed by atoms with Crippen molar-refractivity contribution in [2.45, 2.75) is 13.3 Å². The van der Waals surface area contributed by atoms with Gasteiger partial charge in [-0.25, -0.2) is 0 Å². The molecule has 2 aromatic rings. The van der Waals surface area contributed by atoms with Crippen LogP contribution < -0.4 is 16.4 Å². The van der Waals surface area contributed by atoms with E-state index in [0.29, 0.717) is 36.6 Å². The van der Waals surface area contributed by atoms with E-state index in [-0.39, 0.29) is 11.6 Å². The number of anilines is 2. The van der Waals surface area contributed by atoms with Gasteiger partial charge in [-0.3, -0.25) is 14.9 Å². The molecule has 1 aromatic carbocycles. The van der Waals surface area contributed by atoms with Crippen molar-refractivity contribution in [1.29, 1.82) is 0 Å². The highest BCUT2D eigenvalue weighted by Crippen LogP contribution is 2.26. The quantitative estimate of drug-likeness (QED) is 0.311. The monoisotopic (exact) mass is 318 g/mol. The lowest BCUT2D eigenvalue weighted by molar-refractivity contribution is -0.383. The van der Waals surface area contributed by atoms with Crippen molar-refractivity contribution in [2.24, 2.45) is 0 Å². The molecule has 0 atom stereocenters. The lowest BCUT2D eigenvalue weighted by Gasteiger charge is -2.08. The zero-order chi connectivity index (χ0) is 16.8. The maximum atomic E-state index is 11.8. The van der Waals surface area contributed by atoms with E-state index in [2.05, 4.69) is 10.6 Å². The number of hydrogen-bond acceptors (Lipinski definition) is 6. The molecule has 4 N–H and O–H groups in total. The fraction of sp³-hybridized carbons (Fsp3) is 0.267. The molecule has 0 radical (unpaired) electrons. The second-order valence-electron chi connectivity index (χ2n) is 5.00. The maximum Gasteiger partial charge on any atom is 0.292 e. The SMILES string of the molecule is Cc1ccoc1C(=O)NCCCNc1cc(N)ccc1[N+](=O)[O-]. The second kappa shape index (κ2) is 7.30. The molecule has 0 saturated heterocycles. The highest BCUT2D eigenvalue weighted by molar-refractivity contribution is 5.92. The number of carbonyl (C=O) groups excluding carboxylic acids is 1. The van der Waals surface area contributed by atoms with E-state index >= 15 is 0 Å². The van der Waals surface area contributed by atoms with Crippen LogP contribution in [0.25, 0.3) is 0 Å².